The minimum Gasteiger partial charge on any atom is -0.504 e. The summed E-state index contributed by atoms with van der Waals surface area (Å²) in [6.07, 6.45) is 1.31. The van der Waals surface area contributed by atoms with Crippen LogP contribution in [0.3, 0.4) is 0 Å². The molecule has 2 heterocycles. The highest BCUT2D eigenvalue weighted by atomic mass is 31.2. The molecule has 3 aromatic rings. The van der Waals surface area contributed by atoms with Crippen LogP contribution in [0, 0.1) is 0 Å². The number of imidazole rings is 1. The van der Waals surface area contributed by atoms with Gasteiger partial charge >= 0.3 is 25.9 Å². The zero-order valence-corrected chi connectivity index (χ0v) is 28.6. The Morgan fingerprint density at radius 2 is 1.59 bits per heavy atom. The normalized spacial score (nSPS) is 12.0. The topological polar surface area (TPSA) is 252 Å². The number of fused-ring (bicyclic) bond motifs is 1. The number of nitrogens with two attached hydrogens (primary N) is 1. The number of anilines is 1. The number of methoxy groups -OCH3 is 1. The van der Waals surface area contributed by atoms with Crippen molar-refractivity contribution in [1.82, 2.24) is 19.5 Å². The number of phenolic OH excluding ortho intramolecular Hbond substituents is 1. The highest BCUT2D eigenvalue weighted by molar-refractivity contribution is 7.53. The van der Waals surface area contributed by atoms with Gasteiger partial charge in [0.15, 0.2) is 23.0 Å². The van der Waals surface area contributed by atoms with Crippen LogP contribution in [0.25, 0.3) is 17.2 Å². The molecule has 0 spiro atoms. The lowest BCUT2D eigenvalue weighted by molar-refractivity contribution is -0.131. The van der Waals surface area contributed by atoms with Crippen molar-refractivity contribution in [1.29, 1.82) is 0 Å². The molecule has 0 aliphatic rings. The summed E-state index contributed by atoms with van der Waals surface area (Å²) in [7, 11) is -2.63. The summed E-state index contributed by atoms with van der Waals surface area (Å²) in [5, 5.41) is 17.6. The lowest BCUT2D eigenvalue weighted by Gasteiger charge is -2.21. The predicted molar refractivity (Wildman–Crippen MR) is 171 cm³/mol. The molecule has 1 atom stereocenters. The van der Waals surface area contributed by atoms with Gasteiger partial charge in [-0.05, 0) is 58.4 Å². The fourth-order valence-corrected chi connectivity index (χ4v) is 4.51. The minimum atomic E-state index is -4.06. The summed E-state index contributed by atoms with van der Waals surface area (Å²) in [5.74, 6) is -0.435. The second-order valence-corrected chi connectivity index (χ2v) is 12.3. The molecule has 0 radical (unpaired) electrons. The number of aliphatic carboxylic acids is 1. The fraction of sp³-hybridized carbons (Fsp3) is 0.448. The number of benzene rings is 1. The maximum atomic E-state index is 13.1. The molecule has 0 aliphatic heterocycles. The molecule has 19 nitrogen and oxygen atoms in total. The number of nitrogen functional groups attached to an aromatic ring is 1. The number of carboxylic acid groups (broad SMARTS) is 1. The van der Waals surface area contributed by atoms with Crippen LogP contribution in [-0.4, -0.2) is 93.4 Å². The lowest BCUT2D eigenvalue weighted by Crippen LogP contribution is -2.20. The Kier molecular flexibility index (Phi) is 16.2. The second kappa shape index (κ2) is 19.8. The van der Waals surface area contributed by atoms with Gasteiger partial charge in [0.1, 0.15) is 18.2 Å². The summed E-state index contributed by atoms with van der Waals surface area (Å²) in [4.78, 5) is 45.5. The van der Waals surface area contributed by atoms with E-state index in [1.54, 1.807) is 51.3 Å². The van der Waals surface area contributed by atoms with Gasteiger partial charge in [-0.2, -0.15) is 0 Å². The predicted octanol–water partition coefficient (Wildman–Crippen LogP) is 4.53. The van der Waals surface area contributed by atoms with Gasteiger partial charge in [-0.25, -0.2) is 29.3 Å². The first-order valence-electron chi connectivity index (χ1n) is 14.5. The molecule has 20 heteroatoms. The Balaban J connectivity index is 0.000000495. The summed E-state index contributed by atoms with van der Waals surface area (Å²) >= 11 is 0. The zero-order chi connectivity index (χ0) is 36.6. The third-order valence-corrected chi connectivity index (χ3v) is 7.00. The molecule has 0 aliphatic carbocycles. The van der Waals surface area contributed by atoms with Crippen molar-refractivity contribution < 1.29 is 66.6 Å². The minimum absolute atomic E-state index is 0.0278. The quantitative estimate of drug-likeness (QED) is 0.0797. The van der Waals surface area contributed by atoms with Gasteiger partial charge in [0.25, 0.3) is 0 Å². The molecule has 4 N–H and O–H groups in total. The molecule has 0 amide bonds. The fourth-order valence-electron chi connectivity index (χ4n) is 3.42. The Hall–Kier alpha value is -4.97. The number of carboxylic acids is 1. The van der Waals surface area contributed by atoms with Gasteiger partial charge in [0, 0.05) is 6.08 Å². The Morgan fingerprint density at radius 1 is 0.980 bits per heavy atom. The van der Waals surface area contributed by atoms with Gasteiger partial charge in [0.05, 0.1) is 38.3 Å². The van der Waals surface area contributed by atoms with Crippen LogP contribution in [0.5, 0.6) is 11.5 Å². The van der Waals surface area contributed by atoms with E-state index in [4.69, 9.17) is 48.3 Å². The monoisotopic (exact) mass is 713 g/mol. The van der Waals surface area contributed by atoms with Crippen LogP contribution in [0.1, 0.15) is 40.2 Å². The average molecular weight is 714 g/mol. The second-order valence-electron chi connectivity index (χ2n) is 10.3. The highest BCUT2D eigenvalue weighted by Gasteiger charge is 2.29. The van der Waals surface area contributed by atoms with Crippen molar-refractivity contribution in [2.24, 2.45) is 0 Å². The molecule has 49 heavy (non-hydrogen) atoms. The van der Waals surface area contributed by atoms with E-state index in [0.29, 0.717) is 22.5 Å². The number of rotatable bonds is 16. The van der Waals surface area contributed by atoms with Crippen molar-refractivity contribution in [3.8, 4) is 11.5 Å². The number of carbonyl (C=O) groups excluding carboxylic acids is 2. The average Bonchev–Trinajstić information content (AvgIpc) is 3.43. The van der Waals surface area contributed by atoms with E-state index in [-0.39, 0.29) is 18.1 Å². The highest BCUT2D eigenvalue weighted by Crippen LogP contribution is 2.48. The molecule has 2 aromatic heterocycles. The molecule has 0 saturated heterocycles. The Bertz CT molecular complexity index is 1580. The first-order valence-corrected chi connectivity index (χ1v) is 16.2. The van der Waals surface area contributed by atoms with Crippen LogP contribution >= 0.6 is 7.60 Å². The summed E-state index contributed by atoms with van der Waals surface area (Å²) in [6.45, 7) is 6.98. The van der Waals surface area contributed by atoms with Crippen molar-refractivity contribution >= 4 is 48.9 Å². The van der Waals surface area contributed by atoms with Gasteiger partial charge in [-0.15, -0.1) is 0 Å². The molecule has 0 bridgehead atoms. The number of ether oxygens (including phenoxy) is 6. The van der Waals surface area contributed by atoms with Crippen LogP contribution in [0.2, 0.25) is 0 Å². The molecule has 3 rings (SSSR count). The van der Waals surface area contributed by atoms with E-state index in [2.05, 4.69) is 15.0 Å². The number of aromatic nitrogens is 4. The Morgan fingerprint density at radius 3 is 2.14 bits per heavy atom. The SMILES string of the molecule is CC(C)OC(=O)OCOP(=O)(CO[C@H](C)Cn1cnc2c(N)ncnc21)OCOC(=O)OC(C)C.COc1cc(/C=C/C(=O)O)ccc1O. The molecule has 0 fully saturated rings. The van der Waals surface area contributed by atoms with E-state index in [1.165, 1.54) is 31.9 Å². The molecule has 0 unspecified atom stereocenters. The third-order valence-electron chi connectivity index (χ3n) is 5.54. The zero-order valence-electron chi connectivity index (χ0n) is 27.7. The smallest absolute Gasteiger partial charge is 0.504 e. The standard InChI is InChI=1S/C19H30N5O10P.C10H10O4/c1-12(2)33-18(25)28-9-31-35(27,32-10-29-19(26)34-13(3)4)11-30-14(5)6-24-8-23-15-16(20)21-7-22-17(15)24;1-14-9-6-7(2-4-8(9)11)3-5-10(12)13/h7-8,12-14H,6,9-11H2,1-5H3,(H2,20,21,22);2-6,11H,1H3,(H,12,13)/b;5-3+/t14-;/m1./s1. The van der Waals surface area contributed by atoms with Crippen molar-refractivity contribution in [3.63, 3.8) is 0 Å². The number of hydrogen-bond donors (Lipinski definition) is 3. The summed E-state index contributed by atoms with van der Waals surface area (Å²) in [6, 6.07) is 4.59. The third kappa shape index (κ3) is 14.8. The van der Waals surface area contributed by atoms with Crippen LogP contribution in [0.15, 0.2) is 36.9 Å². The lowest BCUT2D eigenvalue weighted by atomic mass is 10.2. The number of phenols is 1. The molecule has 1 aromatic carbocycles. The number of hydrogen-bond acceptors (Lipinski definition) is 17. The van der Waals surface area contributed by atoms with Gasteiger partial charge in [-0.1, -0.05) is 6.07 Å². The van der Waals surface area contributed by atoms with Crippen LogP contribution < -0.4 is 10.5 Å². The summed E-state index contributed by atoms with van der Waals surface area (Å²) in [5.41, 5.74) is 7.38. The van der Waals surface area contributed by atoms with Crippen molar-refractivity contribution in [3.05, 3.63) is 42.5 Å². The van der Waals surface area contributed by atoms with E-state index in [9.17, 15) is 24.1 Å². The number of carbonyl (C=O) groups is 3. The van der Waals surface area contributed by atoms with Gasteiger partial charge in [0.2, 0.25) is 13.6 Å². The van der Waals surface area contributed by atoms with E-state index in [0.717, 1.165) is 6.08 Å². The van der Waals surface area contributed by atoms with Gasteiger partial charge < -0.3 is 48.9 Å². The first kappa shape index (κ1) is 40.2. The summed E-state index contributed by atoms with van der Waals surface area (Å²) < 4.78 is 54.5. The number of aromatic hydroxyl groups is 1. The van der Waals surface area contributed by atoms with Crippen molar-refractivity contribution in [2.45, 2.75) is 59.5 Å². The van der Waals surface area contributed by atoms with E-state index < -0.39 is 64.1 Å². The number of nitrogens with zero attached hydrogens (tertiary/aromatic N) is 4. The van der Waals surface area contributed by atoms with E-state index in [1.807, 2.05) is 0 Å². The van der Waals surface area contributed by atoms with Crippen LogP contribution in [0.4, 0.5) is 15.4 Å². The first-order chi connectivity index (χ1) is 23.1. The maximum Gasteiger partial charge on any atom is 0.510 e. The van der Waals surface area contributed by atoms with E-state index >= 15 is 0 Å². The molecular formula is C29H40N5O14P. The molecule has 270 valence electrons. The van der Waals surface area contributed by atoms with Gasteiger partial charge in [-0.3, -0.25) is 13.6 Å². The largest absolute Gasteiger partial charge is 0.510 e. The van der Waals surface area contributed by atoms with Crippen LogP contribution in [-0.2, 0) is 48.6 Å². The molecular weight excluding hydrogens is 673 g/mol. The Labute approximate surface area is 281 Å². The van der Waals surface area contributed by atoms with Crippen molar-refractivity contribution in [2.75, 3.05) is 32.8 Å². The molecule has 0 saturated carbocycles. The maximum absolute atomic E-state index is 13.1.